The number of nitrogens with zero attached hydrogens (tertiary/aromatic N) is 4. The predicted molar refractivity (Wildman–Crippen MR) is 166 cm³/mol. The molecule has 2 aliphatic rings. The zero-order valence-corrected chi connectivity index (χ0v) is 25.4. The number of nitrogens with one attached hydrogen (secondary N) is 1. The lowest BCUT2D eigenvalue weighted by atomic mass is 9.75. The topological polar surface area (TPSA) is 110 Å². The van der Waals surface area contributed by atoms with Gasteiger partial charge in [0.05, 0.1) is 17.7 Å². The van der Waals surface area contributed by atoms with Crippen molar-refractivity contribution in [3.8, 4) is 0 Å². The third-order valence-electron chi connectivity index (χ3n) is 9.00. The molecule has 1 saturated heterocycles. The van der Waals surface area contributed by atoms with E-state index >= 15 is 0 Å². The van der Waals surface area contributed by atoms with Crippen LogP contribution >= 0.6 is 0 Å². The van der Waals surface area contributed by atoms with Gasteiger partial charge >= 0.3 is 6.09 Å². The molecule has 3 aromatic rings. The van der Waals surface area contributed by atoms with Crippen LogP contribution in [0.2, 0.25) is 0 Å². The number of fused-ring (bicyclic) bond motifs is 1. The van der Waals surface area contributed by atoms with Crippen LogP contribution in [0.3, 0.4) is 0 Å². The van der Waals surface area contributed by atoms with E-state index < -0.39 is 6.09 Å². The number of hydrogen-bond acceptors (Lipinski definition) is 6. The molecule has 4 heterocycles. The van der Waals surface area contributed by atoms with Crippen LogP contribution < -0.4 is 10.9 Å². The van der Waals surface area contributed by atoms with Gasteiger partial charge in [-0.1, -0.05) is 46.3 Å². The second-order valence-corrected chi connectivity index (χ2v) is 12.7. The van der Waals surface area contributed by atoms with Gasteiger partial charge in [-0.25, -0.2) is 14.8 Å². The van der Waals surface area contributed by atoms with Gasteiger partial charge in [0, 0.05) is 42.5 Å². The lowest BCUT2D eigenvalue weighted by Crippen LogP contribution is -2.51. The Labute approximate surface area is 247 Å². The van der Waals surface area contributed by atoms with Gasteiger partial charge in [-0.15, -0.1) is 0 Å². The molecule has 2 fully saturated rings. The molecule has 224 valence electrons. The number of piperidine rings is 1. The van der Waals surface area contributed by atoms with E-state index in [1.165, 1.54) is 0 Å². The van der Waals surface area contributed by atoms with Crippen molar-refractivity contribution in [2.24, 2.45) is 5.41 Å². The minimum Gasteiger partial charge on any atom is -0.494 e. The van der Waals surface area contributed by atoms with Gasteiger partial charge in [0.25, 0.3) is 5.56 Å². The Morgan fingerprint density at radius 2 is 1.86 bits per heavy atom. The number of ether oxygens (including phenoxy) is 1. The van der Waals surface area contributed by atoms with Crippen LogP contribution in [0.25, 0.3) is 16.7 Å². The largest absolute Gasteiger partial charge is 0.494 e. The van der Waals surface area contributed by atoms with E-state index in [-0.39, 0.29) is 29.0 Å². The Kier molecular flexibility index (Phi) is 8.30. The SMILES string of the molecule is C=C(OCC)c1c(C)c2cnc(Nc3ccc(C4CCN(C(=O)O)C(C(C)(C)C)C4)cn3)cc2n(C2CCCC2)c1=O. The van der Waals surface area contributed by atoms with Gasteiger partial charge < -0.3 is 24.6 Å². The average molecular weight is 574 g/mol. The molecular weight excluding hydrogens is 530 g/mol. The zero-order valence-electron chi connectivity index (χ0n) is 25.4. The molecule has 1 aliphatic heterocycles. The second-order valence-electron chi connectivity index (χ2n) is 12.7. The summed E-state index contributed by atoms with van der Waals surface area (Å²) >= 11 is 0. The molecule has 2 atom stereocenters. The number of amides is 1. The first kappa shape index (κ1) is 29.6. The molecule has 2 unspecified atom stereocenters. The third kappa shape index (κ3) is 5.74. The van der Waals surface area contributed by atoms with Gasteiger partial charge in [0.1, 0.15) is 17.4 Å². The van der Waals surface area contributed by atoms with Crippen molar-refractivity contribution in [2.45, 2.75) is 91.1 Å². The van der Waals surface area contributed by atoms with Crippen molar-refractivity contribution in [1.29, 1.82) is 0 Å². The summed E-state index contributed by atoms with van der Waals surface area (Å²) < 4.78 is 7.60. The number of carbonyl (C=O) groups is 1. The van der Waals surface area contributed by atoms with Gasteiger partial charge in [-0.05, 0) is 68.1 Å². The quantitative estimate of drug-likeness (QED) is 0.287. The summed E-state index contributed by atoms with van der Waals surface area (Å²) in [7, 11) is 0. The highest BCUT2D eigenvalue weighted by atomic mass is 16.5. The molecule has 0 aromatic carbocycles. The first-order valence-corrected chi connectivity index (χ1v) is 15.1. The first-order chi connectivity index (χ1) is 20.0. The maximum Gasteiger partial charge on any atom is 0.407 e. The Bertz CT molecular complexity index is 1530. The molecule has 5 rings (SSSR count). The summed E-state index contributed by atoms with van der Waals surface area (Å²) in [6.07, 6.45) is 8.53. The summed E-state index contributed by atoms with van der Waals surface area (Å²) in [6.45, 7) is 15.1. The summed E-state index contributed by atoms with van der Waals surface area (Å²) in [5, 5.41) is 14.0. The monoisotopic (exact) mass is 573 g/mol. The fourth-order valence-electron chi connectivity index (χ4n) is 6.80. The van der Waals surface area contributed by atoms with E-state index in [1.54, 1.807) is 4.90 Å². The summed E-state index contributed by atoms with van der Waals surface area (Å²) in [6, 6.07) is 6.04. The molecule has 0 bridgehead atoms. The normalized spacial score (nSPS) is 19.7. The molecule has 0 radical (unpaired) electrons. The second kappa shape index (κ2) is 11.8. The van der Waals surface area contributed by atoms with Crippen molar-refractivity contribution in [2.75, 3.05) is 18.5 Å². The first-order valence-electron chi connectivity index (χ1n) is 15.1. The fourth-order valence-corrected chi connectivity index (χ4v) is 6.80. The Morgan fingerprint density at radius 1 is 1.14 bits per heavy atom. The number of anilines is 2. The van der Waals surface area contributed by atoms with Crippen LogP contribution in [0.4, 0.5) is 16.4 Å². The van der Waals surface area contributed by atoms with Crippen molar-refractivity contribution in [1.82, 2.24) is 19.4 Å². The van der Waals surface area contributed by atoms with E-state index in [4.69, 9.17) is 4.74 Å². The molecule has 1 saturated carbocycles. The highest BCUT2D eigenvalue weighted by molar-refractivity contribution is 5.88. The molecule has 1 aliphatic carbocycles. The fraction of sp³-hybridized carbons (Fsp3) is 0.515. The summed E-state index contributed by atoms with van der Waals surface area (Å²) in [4.78, 5) is 36.6. The number of carboxylic acid groups (broad SMARTS) is 1. The molecule has 2 N–H and O–H groups in total. The number of aryl methyl sites for hydroxylation is 1. The van der Waals surface area contributed by atoms with E-state index in [2.05, 4.69) is 48.7 Å². The van der Waals surface area contributed by atoms with Crippen LogP contribution in [0, 0.1) is 12.3 Å². The number of rotatable bonds is 7. The number of pyridine rings is 3. The number of aromatic nitrogens is 3. The van der Waals surface area contributed by atoms with Crippen LogP contribution in [0.15, 0.2) is 42.0 Å². The Balaban J connectivity index is 1.42. The smallest absolute Gasteiger partial charge is 0.407 e. The summed E-state index contributed by atoms with van der Waals surface area (Å²) in [5.74, 6) is 1.93. The highest BCUT2D eigenvalue weighted by Crippen LogP contribution is 2.39. The van der Waals surface area contributed by atoms with E-state index in [0.29, 0.717) is 36.1 Å². The predicted octanol–water partition coefficient (Wildman–Crippen LogP) is 7.24. The van der Waals surface area contributed by atoms with Crippen LogP contribution in [0.5, 0.6) is 0 Å². The summed E-state index contributed by atoms with van der Waals surface area (Å²) in [5.41, 5.74) is 3.10. The molecule has 3 aromatic heterocycles. The molecule has 42 heavy (non-hydrogen) atoms. The van der Waals surface area contributed by atoms with Crippen molar-refractivity contribution >= 4 is 34.4 Å². The van der Waals surface area contributed by atoms with Crippen molar-refractivity contribution < 1.29 is 14.6 Å². The Morgan fingerprint density at radius 3 is 2.48 bits per heavy atom. The van der Waals surface area contributed by atoms with Crippen LogP contribution in [0.1, 0.15) is 94.9 Å². The lowest BCUT2D eigenvalue weighted by Gasteiger charge is -2.44. The van der Waals surface area contributed by atoms with E-state index in [1.807, 2.05) is 42.9 Å². The maximum atomic E-state index is 13.8. The van der Waals surface area contributed by atoms with Crippen LogP contribution in [-0.2, 0) is 4.74 Å². The molecule has 0 spiro atoms. The average Bonchev–Trinajstić information content (AvgIpc) is 3.47. The van der Waals surface area contributed by atoms with Crippen LogP contribution in [-0.4, -0.2) is 49.8 Å². The zero-order chi connectivity index (χ0) is 30.2. The maximum absolute atomic E-state index is 13.8. The standard InChI is InChI=1S/C33H43N5O4/c1-7-42-21(3)30-20(2)25-19-35-29(17-26(25)38(31(30)39)24-10-8-9-11-24)36-28-13-12-23(18-34-28)22-14-15-37(32(40)41)27(16-22)33(4,5)6/h12-13,17-19,22,24,27H,3,7-11,14-16H2,1-2,4-6H3,(H,40,41)(H,34,35,36). The van der Waals surface area contributed by atoms with Gasteiger partial charge in [0.15, 0.2) is 0 Å². The van der Waals surface area contributed by atoms with E-state index in [9.17, 15) is 14.7 Å². The van der Waals surface area contributed by atoms with E-state index in [0.717, 1.165) is 60.6 Å². The number of hydrogen-bond donors (Lipinski definition) is 2. The molecule has 9 heteroatoms. The Hall–Kier alpha value is -3.88. The molecule has 1 amide bonds. The number of likely N-dealkylation sites (tertiary alicyclic amines) is 1. The minimum absolute atomic E-state index is 0.0551. The van der Waals surface area contributed by atoms with Crippen molar-refractivity contribution in [3.63, 3.8) is 0 Å². The van der Waals surface area contributed by atoms with Gasteiger partial charge in [-0.3, -0.25) is 4.79 Å². The third-order valence-corrected chi connectivity index (χ3v) is 9.00. The minimum atomic E-state index is -0.849. The highest BCUT2D eigenvalue weighted by Gasteiger charge is 2.39. The lowest BCUT2D eigenvalue weighted by molar-refractivity contribution is 0.0525. The van der Waals surface area contributed by atoms with Crippen molar-refractivity contribution in [3.05, 3.63) is 64.2 Å². The molecule has 9 nitrogen and oxygen atoms in total. The van der Waals surface area contributed by atoms with Gasteiger partial charge in [-0.2, -0.15) is 0 Å². The van der Waals surface area contributed by atoms with Gasteiger partial charge in [0.2, 0.25) is 0 Å². The molecular formula is C33H43N5O4.